The summed E-state index contributed by atoms with van der Waals surface area (Å²) < 4.78 is 40.3. The molecule has 0 aliphatic carbocycles. The average molecular weight is 538 g/mol. The number of amides is 1. The summed E-state index contributed by atoms with van der Waals surface area (Å²) in [5.41, 5.74) is 1.57. The molecule has 0 aromatic heterocycles. The van der Waals surface area contributed by atoms with Crippen LogP contribution in [0.4, 0.5) is 4.39 Å². The van der Waals surface area contributed by atoms with Crippen LogP contribution in [0.15, 0.2) is 72.8 Å². The van der Waals surface area contributed by atoms with Crippen molar-refractivity contribution in [3.05, 3.63) is 89.8 Å². The Balaban J connectivity index is 1.47. The molecule has 0 aliphatic heterocycles. The smallest absolute Gasteiger partial charge is 0.331 e. The van der Waals surface area contributed by atoms with Crippen molar-refractivity contribution in [3.63, 3.8) is 0 Å². The Morgan fingerprint density at radius 2 is 1.59 bits per heavy atom. The van der Waals surface area contributed by atoms with Gasteiger partial charge in [-0.3, -0.25) is 4.79 Å². The summed E-state index contributed by atoms with van der Waals surface area (Å²) >= 11 is 0. The molecule has 8 nitrogen and oxygen atoms in total. The van der Waals surface area contributed by atoms with Crippen LogP contribution in [0.25, 0.3) is 6.08 Å². The molecule has 0 spiro atoms. The second kappa shape index (κ2) is 15.0. The molecule has 39 heavy (non-hydrogen) atoms. The van der Waals surface area contributed by atoms with Crippen LogP contribution in [0.2, 0.25) is 0 Å². The minimum absolute atomic E-state index is 0.247. The van der Waals surface area contributed by atoms with E-state index in [-0.39, 0.29) is 19.0 Å². The van der Waals surface area contributed by atoms with Gasteiger partial charge in [-0.25, -0.2) is 9.18 Å². The Hall–Kier alpha value is -4.53. The average Bonchev–Trinajstić information content (AvgIpc) is 2.95. The fraction of sp³-hybridized carbons (Fsp3) is 0.267. The summed E-state index contributed by atoms with van der Waals surface area (Å²) in [6, 6.07) is 18.2. The van der Waals surface area contributed by atoms with E-state index in [1.807, 2.05) is 19.1 Å². The van der Waals surface area contributed by atoms with Gasteiger partial charge in [0, 0.05) is 12.6 Å². The van der Waals surface area contributed by atoms with Crippen molar-refractivity contribution in [2.75, 3.05) is 26.9 Å². The zero-order valence-corrected chi connectivity index (χ0v) is 22.1. The zero-order valence-electron chi connectivity index (χ0n) is 22.1. The third kappa shape index (κ3) is 9.70. The highest BCUT2D eigenvalue weighted by Crippen LogP contribution is 2.29. The van der Waals surface area contributed by atoms with Gasteiger partial charge in [-0.1, -0.05) is 18.2 Å². The topological polar surface area (TPSA) is 92.3 Å². The highest BCUT2D eigenvalue weighted by Gasteiger charge is 2.16. The molecular weight excluding hydrogens is 505 g/mol. The van der Waals surface area contributed by atoms with E-state index in [0.717, 1.165) is 11.3 Å². The molecule has 1 atom stereocenters. The van der Waals surface area contributed by atoms with E-state index in [4.69, 9.17) is 23.7 Å². The van der Waals surface area contributed by atoms with Gasteiger partial charge in [0.2, 0.25) is 0 Å². The van der Waals surface area contributed by atoms with Crippen LogP contribution >= 0.6 is 0 Å². The predicted molar refractivity (Wildman–Crippen MR) is 144 cm³/mol. The Labute approximate surface area is 227 Å². The lowest BCUT2D eigenvalue weighted by atomic mass is 10.2. The number of rotatable bonds is 14. The summed E-state index contributed by atoms with van der Waals surface area (Å²) in [5.74, 6) is 0.893. The molecule has 1 N–H and O–H groups in total. The molecule has 0 heterocycles. The van der Waals surface area contributed by atoms with Crippen LogP contribution in [0.1, 0.15) is 25.0 Å². The third-order valence-corrected chi connectivity index (χ3v) is 5.39. The minimum Gasteiger partial charge on any atom is -0.497 e. The molecule has 0 saturated carbocycles. The van der Waals surface area contributed by atoms with Gasteiger partial charge >= 0.3 is 5.97 Å². The summed E-state index contributed by atoms with van der Waals surface area (Å²) in [6.07, 6.45) is 1.84. The fourth-order valence-corrected chi connectivity index (χ4v) is 3.37. The van der Waals surface area contributed by atoms with E-state index >= 15 is 0 Å². The second-order valence-electron chi connectivity index (χ2n) is 8.27. The summed E-state index contributed by atoms with van der Waals surface area (Å²) in [7, 11) is 1.58. The van der Waals surface area contributed by atoms with Crippen molar-refractivity contribution >= 4 is 18.0 Å². The van der Waals surface area contributed by atoms with Gasteiger partial charge in [-0.15, -0.1) is 0 Å². The van der Waals surface area contributed by atoms with Crippen molar-refractivity contribution in [2.45, 2.75) is 26.5 Å². The number of halogens is 1. The quantitative estimate of drug-likeness (QED) is 0.177. The molecular formula is C30H32FNO7. The van der Waals surface area contributed by atoms with Crippen molar-refractivity contribution < 1.29 is 37.7 Å². The normalized spacial score (nSPS) is 11.5. The molecule has 206 valence electrons. The lowest BCUT2D eigenvalue weighted by molar-refractivity contribution is -0.150. The SMILES string of the molecule is CCOc1cc(/C=C/C(=O)O[C@H](C)C(=O)NCc2ccc(OC)cc2)ccc1OCCOc1ccc(F)cc1. The maximum absolute atomic E-state index is 13.0. The number of hydrogen-bond donors (Lipinski definition) is 1. The van der Waals surface area contributed by atoms with E-state index in [2.05, 4.69) is 5.32 Å². The molecule has 9 heteroatoms. The van der Waals surface area contributed by atoms with E-state index in [1.165, 1.54) is 25.1 Å². The number of carbonyl (C=O) groups is 2. The van der Waals surface area contributed by atoms with Crippen molar-refractivity contribution in [1.82, 2.24) is 5.32 Å². The fourth-order valence-electron chi connectivity index (χ4n) is 3.37. The standard InChI is InChI=1S/C30H32FNO7/c1-4-36-28-19-22(7-15-27(28)38-18-17-37-26-13-9-24(31)10-14-26)8-16-29(33)39-21(2)30(34)32-20-23-5-11-25(35-3)12-6-23/h5-16,19,21H,4,17-18,20H2,1-3H3,(H,32,34)/b16-8+/t21-/m1/s1. The van der Waals surface area contributed by atoms with Gasteiger partial charge in [-0.2, -0.15) is 0 Å². The highest BCUT2D eigenvalue weighted by molar-refractivity contribution is 5.90. The largest absolute Gasteiger partial charge is 0.497 e. The Kier molecular flexibility index (Phi) is 11.2. The summed E-state index contributed by atoms with van der Waals surface area (Å²) in [5, 5.41) is 2.74. The van der Waals surface area contributed by atoms with E-state index in [9.17, 15) is 14.0 Å². The Morgan fingerprint density at radius 1 is 0.897 bits per heavy atom. The van der Waals surface area contributed by atoms with Crippen LogP contribution in [0, 0.1) is 5.82 Å². The highest BCUT2D eigenvalue weighted by atomic mass is 19.1. The van der Waals surface area contributed by atoms with Gasteiger partial charge < -0.3 is 29.0 Å². The predicted octanol–water partition coefficient (Wildman–Crippen LogP) is 4.95. The van der Waals surface area contributed by atoms with Gasteiger partial charge in [0.1, 0.15) is 30.5 Å². The lowest BCUT2D eigenvalue weighted by Crippen LogP contribution is -2.35. The molecule has 0 aliphatic rings. The van der Waals surface area contributed by atoms with Crippen LogP contribution in [-0.2, 0) is 20.9 Å². The first-order valence-corrected chi connectivity index (χ1v) is 12.4. The number of hydrogen-bond acceptors (Lipinski definition) is 7. The van der Waals surface area contributed by atoms with E-state index in [1.54, 1.807) is 55.7 Å². The number of benzene rings is 3. The molecule has 3 aromatic rings. The summed E-state index contributed by atoms with van der Waals surface area (Å²) in [6.45, 7) is 4.58. The van der Waals surface area contributed by atoms with Crippen molar-refractivity contribution in [3.8, 4) is 23.0 Å². The minimum atomic E-state index is -0.965. The molecule has 0 radical (unpaired) electrons. The number of carbonyl (C=O) groups excluding carboxylic acids is 2. The zero-order chi connectivity index (χ0) is 28.0. The van der Waals surface area contributed by atoms with Crippen molar-refractivity contribution in [1.29, 1.82) is 0 Å². The number of ether oxygens (including phenoxy) is 5. The Bertz CT molecular complexity index is 1240. The lowest BCUT2D eigenvalue weighted by Gasteiger charge is -2.13. The van der Waals surface area contributed by atoms with Crippen LogP contribution in [-0.4, -0.2) is 44.9 Å². The Morgan fingerprint density at radius 3 is 2.28 bits per heavy atom. The van der Waals surface area contributed by atoms with Crippen molar-refractivity contribution in [2.24, 2.45) is 0 Å². The number of esters is 1. The first-order valence-electron chi connectivity index (χ1n) is 12.4. The van der Waals surface area contributed by atoms with Crippen LogP contribution in [0.3, 0.4) is 0 Å². The van der Waals surface area contributed by atoms with E-state index < -0.39 is 18.0 Å². The number of methoxy groups -OCH3 is 1. The van der Waals surface area contributed by atoms with Gasteiger partial charge in [-0.05, 0) is 79.6 Å². The molecule has 0 fully saturated rings. The molecule has 3 rings (SSSR count). The van der Waals surface area contributed by atoms with Crippen LogP contribution < -0.4 is 24.3 Å². The van der Waals surface area contributed by atoms with Crippen LogP contribution in [0.5, 0.6) is 23.0 Å². The molecule has 0 unspecified atom stereocenters. The third-order valence-electron chi connectivity index (χ3n) is 5.39. The molecule has 3 aromatic carbocycles. The monoisotopic (exact) mass is 537 g/mol. The number of nitrogens with one attached hydrogen (secondary N) is 1. The molecule has 1 amide bonds. The maximum Gasteiger partial charge on any atom is 0.331 e. The van der Waals surface area contributed by atoms with E-state index in [0.29, 0.717) is 36.0 Å². The first-order chi connectivity index (χ1) is 18.9. The summed E-state index contributed by atoms with van der Waals surface area (Å²) in [4.78, 5) is 24.6. The van der Waals surface area contributed by atoms with Gasteiger partial charge in [0.15, 0.2) is 17.6 Å². The molecule has 0 saturated heterocycles. The second-order valence-corrected chi connectivity index (χ2v) is 8.27. The maximum atomic E-state index is 13.0. The van der Waals surface area contributed by atoms with Gasteiger partial charge in [0.05, 0.1) is 13.7 Å². The van der Waals surface area contributed by atoms with Gasteiger partial charge in [0.25, 0.3) is 5.91 Å². The first kappa shape index (κ1) is 29.0. The molecule has 0 bridgehead atoms.